The van der Waals surface area contributed by atoms with E-state index in [1.165, 1.54) is 32.1 Å². The molecule has 0 unspecified atom stereocenters. The van der Waals surface area contributed by atoms with Crippen molar-refractivity contribution in [2.75, 3.05) is 6.54 Å². The lowest BCUT2D eigenvalue weighted by molar-refractivity contribution is 0.270. The van der Waals surface area contributed by atoms with Crippen molar-refractivity contribution in [3.05, 3.63) is 0 Å². The highest BCUT2D eigenvalue weighted by molar-refractivity contribution is 5.85. The lowest BCUT2D eigenvalue weighted by Gasteiger charge is -2.30. The van der Waals surface area contributed by atoms with E-state index in [1.54, 1.807) is 0 Å². The fourth-order valence-electron chi connectivity index (χ4n) is 1.85. The highest BCUT2D eigenvalue weighted by Gasteiger charge is 2.34. The SMILES string of the molecule is C1CCC2(CC1)CN=NN2.Cl. The molecule has 1 aliphatic heterocycles. The average molecular weight is 176 g/mol. The van der Waals surface area contributed by atoms with Gasteiger partial charge in [-0.3, -0.25) is 5.43 Å². The van der Waals surface area contributed by atoms with E-state index in [0.717, 1.165) is 6.54 Å². The second kappa shape index (κ2) is 3.39. The van der Waals surface area contributed by atoms with Gasteiger partial charge in [-0.1, -0.05) is 24.5 Å². The molecular formula is C7H14ClN3. The first kappa shape index (κ1) is 8.78. The average Bonchev–Trinajstić information content (AvgIpc) is 2.39. The van der Waals surface area contributed by atoms with Crippen LogP contribution in [0.3, 0.4) is 0 Å². The Bertz CT molecular complexity index is 142. The van der Waals surface area contributed by atoms with Gasteiger partial charge in [-0.15, -0.1) is 12.4 Å². The molecule has 1 fully saturated rings. The highest BCUT2D eigenvalue weighted by atomic mass is 35.5. The lowest BCUT2D eigenvalue weighted by Crippen LogP contribution is -2.43. The number of rotatable bonds is 0. The summed E-state index contributed by atoms with van der Waals surface area (Å²) in [6.45, 7) is 0.910. The highest BCUT2D eigenvalue weighted by Crippen LogP contribution is 2.30. The molecule has 0 amide bonds. The van der Waals surface area contributed by atoms with E-state index in [4.69, 9.17) is 0 Å². The van der Waals surface area contributed by atoms with Crippen molar-refractivity contribution in [3.8, 4) is 0 Å². The van der Waals surface area contributed by atoms with Gasteiger partial charge in [0.1, 0.15) is 0 Å². The van der Waals surface area contributed by atoms with Crippen LogP contribution in [0, 0.1) is 0 Å². The Labute approximate surface area is 73.0 Å². The molecule has 64 valence electrons. The van der Waals surface area contributed by atoms with Gasteiger partial charge < -0.3 is 0 Å². The first-order chi connectivity index (χ1) is 4.91. The standard InChI is InChI=1S/C7H13N3.ClH/c1-2-4-7(5-3-1)6-8-10-9-7;/h1-6H2,(H,8,9);1H. The predicted octanol–water partition coefficient (Wildman–Crippen LogP) is 2.08. The Hall–Kier alpha value is -0.310. The molecule has 4 heteroatoms. The maximum absolute atomic E-state index is 3.97. The van der Waals surface area contributed by atoms with Gasteiger partial charge in [0.15, 0.2) is 0 Å². The molecule has 0 aromatic rings. The van der Waals surface area contributed by atoms with E-state index in [1.807, 2.05) is 0 Å². The molecule has 0 bridgehead atoms. The van der Waals surface area contributed by atoms with Crippen LogP contribution in [0.5, 0.6) is 0 Å². The number of nitrogens with zero attached hydrogens (tertiary/aromatic N) is 2. The van der Waals surface area contributed by atoms with Crippen molar-refractivity contribution < 1.29 is 0 Å². The molecule has 1 N–H and O–H groups in total. The van der Waals surface area contributed by atoms with Crippen LogP contribution in [0.2, 0.25) is 0 Å². The Kier molecular flexibility index (Phi) is 2.71. The van der Waals surface area contributed by atoms with Crippen LogP contribution in [0.1, 0.15) is 32.1 Å². The minimum absolute atomic E-state index is 0. The van der Waals surface area contributed by atoms with Crippen molar-refractivity contribution in [2.24, 2.45) is 10.3 Å². The van der Waals surface area contributed by atoms with Crippen LogP contribution < -0.4 is 5.43 Å². The van der Waals surface area contributed by atoms with E-state index in [-0.39, 0.29) is 17.9 Å². The number of hydrogen-bond donors (Lipinski definition) is 1. The molecule has 1 saturated carbocycles. The molecule has 1 spiro atoms. The summed E-state index contributed by atoms with van der Waals surface area (Å²) >= 11 is 0. The van der Waals surface area contributed by atoms with Crippen molar-refractivity contribution in [3.63, 3.8) is 0 Å². The van der Waals surface area contributed by atoms with E-state index >= 15 is 0 Å². The van der Waals surface area contributed by atoms with Crippen molar-refractivity contribution >= 4 is 12.4 Å². The first-order valence-corrected chi connectivity index (χ1v) is 4.05. The Morgan fingerprint density at radius 3 is 2.36 bits per heavy atom. The molecule has 0 atom stereocenters. The van der Waals surface area contributed by atoms with Crippen molar-refractivity contribution in [1.29, 1.82) is 0 Å². The topological polar surface area (TPSA) is 36.8 Å². The third kappa shape index (κ3) is 1.64. The second-order valence-corrected chi connectivity index (χ2v) is 3.35. The first-order valence-electron chi connectivity index (χ1n) is 4.05. The molecule has 3 nitrogen and oxygen atoms in total. The van der Waals surface area contributed by atoms with Gasteiger partial charge >= 0.3 is 0 Å². The summed E-state index contributed by atoms with van der Waals surface area (Å²) in [5, 5.41) is 7.81. The Morgan fingerprint density at radius 1 is 1.09 bits per heavy atom. The summed E-state index contributed by atoms with van der Waals surface area (Å²) in [6, 6.07) is 0. The van der Waals surface area contributed by atoms with E-state index < -0.39 is 0 Å². The Balaban J connectivity index is 0.000000605. The molecule has 2 aliphatic rings. The molecule has 0 aromatic carbocycles. The lowest BCUT2D eigenvalue weighted by atomic mass is 9.83. The van der Waals surface area contributed by atoms with Crippen LogP contribution >= 0.6 is 12.4 Å². The van der Waals surface area contributed by atoms with Gasteiger partial charge in [0.25, 0.3) is 0 Å². The summed E-state index contributed by atoms with van der Waals surface area (Å²) in [5.74, 6) is 0. The van der Waals surface area contributed by atoms with Crippen molar-refractivity contribution in [1.82, 2.24) is 5.43 Å². The molecule has 1 aliphatic carbocycles. The summed E-state index contributed by atoms with van der Waals surface area (Å²) in [4.78, 5) is 0. The summed E-state index contributed by atoms with van der Waals surface area (Å²) in [7, 11) is 0. The maximum atomic E-state index is 3.97. The van der Waals surface area contributed by atoms with Gasteiger partial charge in [0, 0.05) is 0 Å². The monoisotopic (exact) mass is 175 g/mol. The summed E-state index contributed by atoms with van der Waals surface area (Å²) < 4.78 is 0. The van der Waals surface area contributed by atoms with Gasteiger partial charge in [-0.05, 0) is 12.8 Å². The zero-order valence-electron chi connectivity index (χ0n) is 6.55. The van der Waals surface area contributed by atoms with Crippen LogP contribution in [-0.4, -0.2) is 12.1 Å². The minimum atomic E-state index is 0. The van der Waals surface area contributed by atoms with Crippen LogP contribution in [0.4, 0.5) is 0 Å². The Morgan fingerprint density at radius 2 is 1.82 bits per heavy atom. The fraction of sp³-hybridized carbons (Fsp3) is 1.00. The molecule has 2 rings (SSSR count). The minimum Gasteiger partial charge on any atom is -0.284 e. The predicted molar refractivity (Wildman–Crippen MR) is 45.9 cm³/mol. The van der Waals surface area contributed by atoms with Crippen LogP contribution in [-0.2, 0) is 0 Å². The zero-order valence-corrected chi connectivity index (χ0v) is 7.36. The number of nitrogens with one attached hydrogen (secondary N) is 1. The normalized spacial score (nSPS) is 26.2. The van der Waals surface area contributed by atoms with E-state index in [9.17, 15) is 0 Å². The number of halogens is 1. The largest absolute Gasteiger partial charge is 0.284 e. The molecule has 0 radical (unpaired) electrons. The number of hydrogen-bond acceptors (Lipinski definition) is 3. The van der Waals surface area contributed by atoms with Gasteiger partial charge in [-0.2, -0.15) is 5.11 Å². The second-order valence-electron chi connectivity index (χ2n) is 3.35. The zero-order chi connectivity index (χ0) is 6.86. The van der Waals surface area contributed by atoms with Gasteiger partial charge in [0.2, 0.25) is 0 Å². The molecule has 0 saturated heterocycles. The molecule has 11 heavy (non-hydrogen) atoms. The van der Waals surface area contributed by atoms with Gasteiger partial charge in [-0.25, -0.2) is 0 Å². The smallest absolute Gasteiger partial charge is 0.0866 e. The van der Waals surface area contributed by atoms with Crippen molar-refractivity contribution in [2.45, 2.75) is 37.6 Å². The molecular weight excluding hydrogens is 162 g/mol. The third-order valence-corrected chi connectivity index (χ3v) is 2.54. The molecule has 0 aromatic heterocycles. The third-order valence-electron chi connectivity index (χ3n) is 2.54. The fourth-order valence-corrected chi connectivity index (χ4v) is 1.85. The maximum Gasteiger partial charge on any atom is 0.0866 e. The quantitative estimate of drug-likeness (QED) is 0.602. The summed E-state index contributed by atoms with van der Waals surface area (Å²) in [6.07, 6.45) is 6.61. The van der Waals surface area contributed by atoms with E-state index in [0.29, 0.717) is 0 Å². The summed E-state index contributed by atoms with van der Waals surface area (Å²) in [5.41, 5.74) is 3.42. The van der Waals surface area contributed by atoms with Gasteiger partial charge in [0.05, 0.1) is 12.1 Å². The van der Waals surface area contributed by atoms with Crippen LogP contribution in [0.25, 0.3) is 0 Å². The van der Waals surface area contributed by atoms with Crippen LogP contribution in [0.15, 0.2) is 10.3 Å². The molecule has 1 heterocycles. The van der Waals surface area contributed by atoms with E-state index in [2.05, 4.69) is 15.8 Å².